The van der Waals surface area contributed by atoms with Crippen molar-refractivity contribution >= 4 is 17.1 Å². The number of rotatable bonds is 6. The number of anilines is 1. The van der Waals surface area contributed by atoms with Crippen molar-refractivity contribution in [1.82, 2.24) is 4.98 Å². The van der Waals surface area contributed by atoms with Gasteiger partial charge in [-0.1, -0.05) is 27.7 Å². The van der Waals surface area contributed by atoms with Crippen molar-refractivity contribution in [3.63, 3.8) is 0 Å². The summed E-state index contributed by atoms with van der Waals surface area (Å²) in [7, 11) is 0. The first-order valence-electron chi connectivity index (χ1n) is 7.46. The first-order chi connectivity index (χ1) is 10.4. The molecule has 22 heavy (non-hydrogen) atoms. The van der Waals surface area contributed by atoms with Crippen LogP contribution in [0, 0.1) is 5.41 Å². The minimum Gasteiger partial charge on any atom is -0.489 e. The molecule has 1 heterocycles. The van der Waals surface area contributed by atoms with E-state index >= 15 is 0 Å². The van der Waals surface area contributed by atoms with Gasteiger partial charge in [0.15, 0.2) is 5.58 Å². The number of nitrogens with one attached hydrogen (secondary N) is 1. The number of fused-ring (bicyclic) bond motifs is 1. The summed E-state index contributed by atoms with van der Waals surface area (Å²) >= 11 is 0. The minimum atomic E-state index is 0.143. The quantitative estimate of drug-likeness (QED) is 0.822. The molecule has 0 aliphatic rings. The molecule has 1 N–H and O–H groups in total. The van der Waals surface area contributed by atoms with Crippen molar-refractivity contribution in [2.75, 3.05) is 18.5 Å². The van der Waals surface area contributed by atoms with Gasteiger partial charge in [-0.05, 0) is 29.5 Å². The molecule has 0 saturated heterocycles. The second-order valence-corrected chi connectivity index (χ2v) is 6.47. The first-order valence-corrected chi connectivity index (χ1v) is 7.46. The Bertz CT molecular complexity index is 656. The van der Waals surface area contributed by atoms with Gasteiger partial charge in [0.25, 0.3) is 6.01 Å². The Morgan fingerprint density at radius 1 is 1.41 bits per heavy atom. The topological polar surface area (TPSA) is 47.3 Å². The molecule has 0 aliphatic carbocycles. The summed E-state index contributed by atoms with van der Waals surface area (Å²) in [5.41, 5.74) is 2.17. The normalized spacial score (nSPS) is 12.7. The average molecular weight is 306 g/mol. The predicted octanol–water partition coefficient (Wildman–Crippen LogP) is 4.93. The average Bonchev–Trinajstić information content (AvgIpc) is 2.87. The molecule has 4 nitrogen and oxygen atoms in total. The van der Waals surface area contributed by atoms with Gasteiger partial charge in [0, 0.05) is 12.6 Å². The van der Waals surface area contributed by atoms with Crippen LogP contribution < -0.4 is 10.1 Å². The SMILES string of the molecule is CC/C(=C\F)COc1ccc2nc(NCC(C)(C)C)oc2c1. The lowest BCUT2D eigenvalue weighted by atomic mass is 9.97. The van der Waals surface area contributed by atoms with Crippen LogP contribution in [0.25, 0.3) is 11.1 Å². The summed E-state index contributed by atoms with van der Waals surface area (Å²) in [6, 6.07) is 5.92. The smallest absolute Gasteiger partial charge is 0.295 e. The van der Waals surface area contributed by atoms with Gasteiger partial charge in [-0.25, -0.2) is 4.39 Å². The monoisotopic (exact) mass is 306 g/mol. The fourth-order valence-corrected chi connectivity index (χ4v) is 1.80. The Morgan fingerprint density at radius 3 is 2.82 bits per heavy atom. The van der Waals surface area contributed by atoms with Crippen molar-refractivity contribution in [1.29, 1.82) is 0 Å². The van der Waals surface area contributed by atoms with Crippen LogP contribution >= 0.6 is 0 Å². The third-order valence-electron chi connectivity index (χ3n) is 3.16. The largest absolute Gasteiger partial charge is 0.489 e. The van der Waals surface area contributed by atoms with Crippen LogP contribution in [0.5, 0.6) is 5.75 Å². The lowest BCUT2D eigenvalue weighted by Gasteiger charge is -2.17. The molecular weight excluding hydrogens is 283 g/mol. The van der Waals surface area contributed by atoms with Gasteiger partial charge in [-0.15, -0.1) is 0 Å². The van der Waals surface area contributed by atoms with Crippen LogP contribution in [0.2, 0.25) is 0 Å². The highest BCUT2D eigenvalue weighted by molar-refractivity contribution is 5.76. The number of hydrogen-bond acceptors (Lipinski definition) is 4. The van der Waals surface area contributed by atoms with Gasteiger partial charge >= 0.3 is 0 Å². The minimum absolute atomic E-state index is 0.143. The van der Waals surface area contributed by atoms with Crippen LogP contribution in [0.1, 0.15) is 34.1 Å². The molecule has 5 heteroatoms. The number of oxazole rings is 1. The van der Waals surface area contributed by atoms with Gasteiger partial charge in [0.1, 0.15) is 17.9 Å². The van der Waals surface area contributed by atoms with Gasteiger partial charge in [-0.3, -0.25) is 0 Å². The second kappa shape index (κ2) is 6.81. The molecule has 0 saturated carbocycles. The van der Waals surface area contributed by atoms with Crippen LogP contribution in [0.15, 0.2) is 34.5 Å². The first kappa shape index (κ1) is 16.3. The lowest BCUT2D eigenvalue weighted by molar-refractivity contribution is 0.345. The van der Waals surface area contributed by atoms with Crippen molar-refractivity contribution in [2.45, 2.75) is 34.1 Å². The number of nitrogens with zero attached hydrogens (tertiary/aromatic N) is 1. The molecule has 2 aromatic rings. The molecule has 0 spiro atoms. The van der Waals surface area contributed by atoms with Crippen molar-refractivity contribution in [2.24, 2.45) is 5.41 Å². The van der Waals surface area contributed by atoms with E-state index in [4.69, 9.17) is 9.15 Å². The standard InChI is InChI=1S/C17H23FN2O2/c1-5-12(9-18)10-21-13-6-7-14-15(8-13)22-16(20-14)19-11-17(2,3)4/h6-9H,5,10-11H2,1-4H3,(H,19,20)/b12-9+. The zero-order chi connectivity index (χ0) is 16.2. The van der Waals surface area contributed by atoms with Gasteiger partial charge in [0.05, 0.1) is 6.33 Å². The van der Waals surface area contributed by atoms with E-state index in [0.29, 0.717) is 35.7 Å². The van der Waals surface area contributed by atoms with E-state index in [1.165, 1.54) is 0 Å². The number of halogens is 1. The fourth-order valence-electron chi connectivity index (χ4n) is 1.80. The Morgan fingerprint density at radius 2 is 2.18 bits per heavy atom. The molecular formula is C17H23FN2O2. The van der Waals surface area contributed by atoms with E-state index in [1.54, 1.807) is 6.07 Å². The summed E-state index contributed by atoms with van der Waals surface area (Å²) < 4.78 is 23.8. The molecule has 2 rings (SSSR count). The molecule has 1 aromatic heterocycles. The lowest BCUT2D eigenvalue weighted by Crippen LogP contribution is -2.19. The Kier molecular flexibility index (Phi) is 5.06. The number of aromatic nitrogens is 1. The van der Waals surface area contributed by atoms with Crippen LogP contribution in [-0.4, -0.2) is 18.1 Å². The molecule has 0 radical (unpaired) electrons. The zero-order valence-corrected chi connectivity index (χ0v) is 13.6. The van der Waals surface area contributed by atoms with Crippen molar-refractivity contribution in [3.8, 4) is 5.75 Å². The molecule has 1 aromatic carbocycles. The summed E-state index contributed by atoms with van der Waals surface area (Å²) in [5.74, 6) is 0.638. The molecule has 0 unspecified atom stereocenters. The maximum atomic E-state index is 12.5. The number of benzene rings is 1. The summed E-state index contributed by atoms with van der Waals surface area (Å²) in [6.07, 6.45) is 1.23. The zero-order valence-electron chi connectivity index (χ0n) is 13.6. The molecule has 0 bridgehead atoms. The van der Waals surface area contributed by atoms with E-state index in [9.17, 15) is 4.39 Å². The highest BCUT2D eigenvalue weighted by Gasteiger charge is 2.12. The third kappa shape index (κ3) is 4.48. The van der Waals surface area contributed by atoms with Gasteiger partial charge in [0.2, 0.25) is 0 Å². The van der Waals surface area contributed by atoms with Gasteiger partial charge in [-0.2, -0.15) is 4.98 Å². The molecule has 0 fully saturated rings. The highest BCUT2D eigenvalue weighted by atomic mass is 19.1. The van der Waals surface area contributed by atoms with E-state index in [0.717, 1.165) is 12.1 Å². The number of hydrogen-bond donors (Lipinski definition) is 1. The maximum absolute atomic E-state index is 12.5. The Labute approximate surface area is 130 Å². The summed E-state index contributed by atoms with van der Waals surface area (Å²) in [5, 5.41) is 3.18. The fraction of sp³-hybridized carbons (Fsp3) is 0.471. The van der Waals surface area contributed by atoms with Crippen LogP contribution in [-0.2, 0) is 0 Å². The molecule has 0 aliphatic heterocycles. The van der Waals surface area contributed by atoms with E-state index in [1.807, 2.05) is 19.1 Å². The van der Waals surface area contributed by atoms with Crippen LogP contribution in [0.3, 0.4) is 0 Å². The van der Waals surface area contributed by atoms with Gasteiger partial charge < -0.3 is 14.5 Å². The number of ether oxygens (including phenoxy) is 1. The molecule has 0 amide bonds. The Balaban J connectivity index is 2.07. The van der Waals surface area contributed by atoms with Crippen molar-refractivity contribution in [3.05, 3.63) is 30.1 Å². The highest BCUT2D eigenvalue weighted by Crippen LogP contribution is 2.25. The maximum Gasteiger partial charge on any atom is 0.295 e. The van der Waals surface area contributed by atoms with Crippen molar-refractivity contribution < 1.29 is 13.5 Å². The second-order valence-electron chi connectivity index (χ2n) is 6.47. The summed E-state index contributed by atoms with van der Waals surface area (Å²) in [6.45, 7) is 9.31. The van der Waals surface area contributed by atoms with E-state index in [2.05, 4.69) is 31.1 Å². The summed E-state index contributed by atoms with van der Waals surface area (Å²) in [4.78, 5) is 4.38. The molecule has 120 valence electrons. The molecule has 0 atom stereocenters. The Hall–Kier alpha value is -2.04. The van der Waals surface area contributed by atoms with E-state index < -0.39 is 0 Å². The van der Waals surface area contributed by atoms with Crippen LogP contribution in [0.4, 0.5) is 10.4 Å². The third-order valence-corrected chi connectivity index (χ3v) is 3.16. The van der Waals surface area contributed by atoms with E-state index in [-0.39, 0.29) is 12.0 Å². The predicted molar refractivity (Wildman–Crippen MR) is 86.9 cm³/mol.